The normalized spacial score (nSPS) is 12.3. The number of carboxylic acid groups (broad SMARTS) is 1. The number of imidazole rings is 2. The molecule has 1 unspecified atom stereocenters. The summed E-state index contributed by atoms with van der Waals surface area (Å²) < 4.78 is 3.63. The average Bonchev–Trinajstić information content (AvgIpc) is 3.25. The van der Waals surface area contributed by atoms with Crippen LogP contribution in [-0.4, -0.2) is 30.2 Å². The van der Waals surface area contributed by atoms with Gasteiger partial charge in [0, 0.05) is 25.9 Å². The first-order chi connectivity index (χ1) is 12.6. The van der Waals surface area contributed by atoms with Crippen molar-refractivity contribution in [3.63, 3.8) is 0 Å². The van der Waals surface area contributed by atoms with Crippen LogP contribution in [0, 0.1) is 0 Å². The van der Waals surface area contributed by atoms with Gasteiger partial charge in [-0.05, 0) is 17.7 Å². The van der Waals surface area contributed by atoms with Gasteiger partial charge in [-0.15, -0.1) is 0 Å². The third-order valence-corrected chi connectivity index (χ3v) is 4.55. The molecule has 1 N–H and O–H groups in total. The van der Waals surface area contributed by atoms with Crippen LogP contribution in [0.15, 0.2) is 67.0 Å². The van der Waals surface area contributed by atoms with Crippen molar-refractivity contribution < 1.29 is 9.90 Å². The Labute approximate surface area is 150 Å². The van der Waals surface area contributed by atoms with Crippen LogP contribution in [0.5, 0.6) is 0 Å². The van der Waals surface area contributed by atoms with Gasteiger partial charge < -0.3 is 14.2 Å². The zero-order valence-electron chi connectivity index (χ0n) is 14.3. The molecule has 0 fully saturated rings. The Kier molecular flexibility index (Phi) is 4.01. The summed E-state index contributed by atoms with van der Waals surface area (Å²) in [5.41, 5.74) is 2.80. The monoisotopic (exact) mass is 346 g/mol. The quantitative estimate of drug-likeness (QED) is 0.602. The number of hydrogen-bond acceptors (Lipinski definition) is 3. The number of aliphatic carboxylic acids is 1. The lowest BCUT2D eigenvalue weighted by Crippen LogP contribution is -2.22. The Hall–Kier alpha value is -3.41. The fourth-order valence-corrected chi connectivity index (χ4v) is 3.23. The first-order valence-electron chi connectivity index (χ1n) is 8.36. The Balaban J connectivity index is 1.79. The van der Waals surface area contributed by atoms with Crippen molar-refractivity contribution >= 4 is 17.0 Å². The molecule has 0 saturated carbocycles. The fourth-order valence-electron chi connectivity index (χ4n) is 3.23. The summed E-state index contributed by atoms with van der Waals surface area (Å²) >= 11 is 0. The number of carboxylic acids is 1. The van der Waals surface area contributed by atoms with E-state index in [2.05, 4.69) is 9.97 Å². The predicted octanol–water partition coefficient (Wildman–Crippen LogP) is 3.31. The Bertz CT molecular complexity index is 1070. The van der Waals surface area contributed by atoms with Crippen LogP contribution >= 0.6 is 0 Å². The topological polar surface area (TPSA) is 72.9 Å². The number of nitrogens with zero attached hydrogens (tertiary/aromatic N) is 4. The van der Waals surface area contributed by atoms with Crippen molar-refractivity contribution in [1.29, 1.82) is 0 Å². The number of rotatable bonds is 5. The molecule has 2 aromatic heterocycles. The molecule has 0 saturated heterocycles. The fraction of sp³-hybridized carbons (Fsp3) is 0.150. The van der Waals surface area contributed by atoms with E-state index in [1.54, 1.807) is 17.0 Å². The standard InChI is InChI=1S/C20H18N4O2/c1-23-16-10-6-5-9-15(16)22-19(23)18-21-11-12-24(18)17(20(25)26)13-14-7-3-2-4-8-14/h2-12,17H,13H2,1H3,(H,25,26). The molecule has 2 aromatic carbocycles. The highest BCUT2D eigenvalue weighted by Crippen LogP contribution is 2.26. The van der Waals surface area contributed by atoms with Crippen molar-refractivity contribution in [1.82, 2.24) is 19.1 Å². The zero-order chi connectivity index (χ0) is 18.1. The van der Waals surface area contributed by atoms with Crippen molar-refractivity contribution in [2.75, 3.05) is 0 Å². The van der Waals surface area contributed by atoms with E-state index in [1.807, 2.05) is 66.2 Å². The van der Waals surface area contributed by atoms with Crippen LogP contribution in [0.4, 0.5) is 0 Å². The second-order valence-corrected chi connectivity index (χ2v) is 6.19. The van der Waals surface area contributed by atoms with Crippen molar-refractivity contribution in [2.45, 2.75) is 12.5 Å². The van der Waals surface area contributed by atoms with Crippen LogP contribution in [0.3, 0.4) is 0 Å². The van der Waals surface area contributed by atoms with E-state index in [1.165, 1.54) is 0 Å². The second-order valence-electron chi connectivity index (χ2n) is 6.19. The summed E-state index contributed by atoms with van der Waals surface area (Å²) in [4.78, 5) is 21.0. The van der Waals surface area contributed by atoms with E-state index in [4.69, 9.17) is 0 Å². The number of carbonyl (C=O) groups is 1. The van der Waals surface area contributed by atoms with Gasteiger partial charge in [-0.2, -0.15) is 0 Å². The highest BCUT2D eigenvalue weighted by atomic mass is 16.4. The lowest BCUT2D eigenvalue weighted by atomic mass is 10.1. The molecule has 0 aliphatic heterocycles. The minimum Gasteiger partial charge on any atom is -0.480 e. The maximum absolute atomic E-state index is 12.0. The molecule has 6 heteroatoms. The molecule has 0 spiro atoms. The first-order valence-corrected chi connectivity index (χ1v) is 8.36. The Morgan fingerprint density at radius 1 is 1.08 bits per heavy atom. The van der Waals surface area contributed by atoms with E-state index in [0.717, 1.165) is 16.6 Å². The summed E-state index contributed by atoms with van der Waals surface area (Å²) in [7, 11) is 1.91. The summed E-state index contributed by atoms with van der Waals surface area (Å²) in [6.07, 6.45) is 3.70. The average molecular weight is 346 g/mol. The Morgan fingerprint density at radius 2 is 1.81 bits per heavy atom. The molecule has 4 aromatic rings. The molecule has 0 bridgehead atoms. The highest BCUT2D eigenvalue weighted by molar-refractivity contribution is 5.80. The van der Waals surface area contributed by atoms with Crippen molar-refractivity contribution in [2.24, 2.45) is 7.05 Å². The minimum atomic E-state index is -0.896. The van der Waals surface area contributed by atoms with Gasteiger partial charge in [0.25, 0.3) is 0 Å². The molecule has 2 heterocycles. The summed E-state index contributed by atoms with van der Waals surface area (Å²) in [5.74, 6) is 0.300. The molecule has 0 radical (unpaired) electrons. The lowest BCUT2D eigenvalue weighted by Gasteiger charge is -2.17. The van der Waals surface area contributed by atoms with Gasteiger partial charge in [-0.3, -0.25) is 0 Å². The van der Waals surface area contributed by atoms with E-state index >= 15 is 0 Å². The first kappa shape index (κ1) is 16.1. The Morgan fingerprint density at radius 3 is 2.54 bits per heavy atom. The van der Waals surface area contributed by atoms with Gasteiger partial charge in [0.1, 0.15) is 6.04 Å². The SMILES string of the molecule is Cn1c(-c2nccn2C(Cc2ccccc2)C(=O)O)nc2ccccc21. The van der Waals surface area contributed by atoms with Gasteiger partial charge in [-0.25, -0.2) is 14.8 Å². The van der Waals surface area contributed by atoms with E-state index < -0.39 is 12.0 Å². The van der Waals surface area contributed by atoms with Crippen LogP contribution in [0.2, 0.25) is 0 Å². The molecule has 0 aliphatic carbocycles. The van der Waals surface area contributed by atoms with Crippen LogP contribution in [0.1, 0.15) is 11.6 Å². The number of aromatic nitrogens is 4. The molecule has 1 atom stereocenters. The van der Waals surface area contributed by atoms with Gasteiger partial charge in [0.05, 0.1) is 11.0 Å². The van der Waals surface area contributed by atoms with Crippen LogP contribution < -0.4 is 0 Å². The number of aryl methyl sites for hydroxylation is 1. The second kappa shape index (κ2) is 6.48. The van der Waals surface area contributed by atoms with E-state index in [9.17, 15) is 9.90 Å². The minimum absolute atomic E-state index is 0.378. The van der Waals surface area contributed by atoms with Crippen molar-refractivity contribution in [3.8, 4) is 11.6 Å². The van der Waals surface area contributed by atoms with Gasteiger partial charge in [0.15, 0.2) is 11.6 Å². The van der Waals surface area contributed by atoms with Crippen LogP contribution in [0.25, 0.3) is 22.7 Å². The third-order valence-electron chi connectivity index (χ3n) is 4.55. The molecule has 0 aliphatic rings. The number of benzene rings is 2. The molecule has 130 valence electrons. The van der Waals surface area contributed by atoms with E-state index in [0.29, 0.717) is 18.1 Å². The molecule has 4 rings (SSSR count). The van der Waals surface area contributed by atoms with Gasteiger partial charge in [-0.1, -0.05) is 42.5 Å². The molecule has 6 nitrogen and oxygen atoms in total. The lowest BCUT2D eigenvalue weighted by molar-refractivity contribution is -0.140. The van der Waals surface area contributed by atoms with Gasteiger partial charge >= 0.3 is 5.97 Å². The maximum Gasteiger partial charge on any atom is 0.327 e. The largest absolute Gasteiger partial charge is 0.480 e. The summed E-state index contributed by atoms with van der Waals surface area (Å²) in [5, 5.41) is 9.81. The van der Waals surface area contributed by atoms with Gasteiger partial charge in [0.2, 0.25) is 0 Å². The molecular weight excluding hydrogens is 328 g/mol. The predicted molar refractivity (Wildman–Crippen MR) is 98.8 cm³/mol. The molecule has 0 amide bonds. The molecule has 26 heavy (non-hydrogen) atoms. The zero-order valence-corrected chi connectivity index (χ0v) is 14.3. The summed E-state index contributed by atoms with van der Waals surface area (Å²) in [6, 6.07) is 16.7. The number of fused-ring (bicyclic) bond motifs is 1. The smallest absolute Gasteiger partial charge is 0.327 e. The van der Waals surface area contributed by atoms with Crippen molar-refractivity contribution in [3.05, 3.63) is 72.6 Å². The summed E-state index contributed by atoms with van der Waals surface area (Å²) in [6.45, 7) is 0. The number of hydrogen-bond donors (Lipinski definition) is 1. The molecular formula is C20H18N4O2. The highest BCUT2D eigenvalue weighted by Gasteiger charge is 2.25. The number of para-hydroxylation sites is 2. The maximum atomic E-state index is 12.0. The third kappa shape index (κ3) is 2.75. The van der Waals surface area contributed by atoms with E-state index in [-0.39, 0.29) is 0 Å². The van der Waals surface area contributed by atoms with Crippen LogP contribution in [-0.2, 0) is 18.3 Å².